The molecular formula is C13H14N2O5S. The molecule has 1 aliphatic heterocycles. The summed E-state index contributed by atoms with van der Waals surface area (Å²) in [7, 11) is -3.81. The number of nitrogens with one attached hydrogen (secondary N) is 1. The average Bonchev–Trinajstić information content (AvgIpc) is 2.94. The topological polar surface area (TPSA) is 104 Å². The van der Waals surface area contributed by atoms with Crippen molar-refractivity contribution in [3.8, 4) is 11.5 Å². The van der Waals surface area contributed by atoms with Crippen molar-refractivity contribution in [3.63, 3.8) is 0 Å². The smallest absolute Gasteiger partial charge is 0.271 e. The summed E-state index contributed by atoms with van der Waals surface area (Å²) in [6.45, 7) is 1.39. The Hall–Kier alpha value is -2.19. The van der Waals surface area contributed by atoms with Gasteiger partial charge >= 0.3 is 0 Å². The summed E-state index contributed by atoms with van der Waals surface area (Å²) in [6.07, 6.45) is 0. The summed E-state index contributed by atoms with van der Waals surface area (Å²) in [4.78, 5) is 0. The predicted molar refractivity (Wildman–Crippen MR) is 74.8 cm³/mol. The van der Waals surface area contributed by atoms with Crippen LogP contribution in [-0.2, 0) is 16.6 Å². The average molecular weight is 310 g/mol. The van der Waals surface area contributed by atoms with E-state index in [1.165, 1.54) is 6.07 Å². The zero-order valence-electron chi connectivity index (χ0n) is 11.0. The normalized spacial score (nSPS) is 14.0. The van der Waals surface area contributed by atoms with Gasteiger partial charge in [-0.1, -0.05) is 0 Å². The molecule has 1 aromatic carbocycles. The second-order valence-electron chi connectivity index (χ2n) is 4.48. The number of hydrogen-bond donors (Lipinski definition) is 2. The summed E-state index contributed by atoms with van der Waals surface area (Å²) >= 11 is 0. The highest BCUT2D eigenvalue weighted by Crippen LogP contribution is 2.32. The zero-order valence-corrected chi connectivity index (χ0v) is 11.9. The lowest BCUT2D eigenvalue weighted by Crippen LogP contribution is -2.15. The Morgan fingerprint density at radius 3 is 2.57 bits per heavy atom. The van der Waals surface area contributed by atoms with E-state index in [1.54, 1.807) is 6.07 Å². The van der Waals surface area contributed by atoms with Crippen LogP contribution in [0.25, 0.3) is 0 Å². The minimum absolute atomic E-state index is 0.249. The number of benzene rings is 1. The van der Waals surface area contributed by atoms with Crippen LogP contribution >= 0.6 is 0 Å². The molecule has 0 amide bonds. The Balaban J connectivity index is 1.69. The Morgan fingerprint density at radius 1 is 1.10 bits per heavy atom. The predicted octanol–water partition coefficient (Wildman–Crippen LogP) is 1.31. The van der Waals surface area contributed by atoms with Gasteiger partial charge in [-0.05, 0) is 24.3 Å². The molecule has 112 valence electrons. The third-order valence-corrected chi connectivity index (χ3v) is 3.71. The summed E-state index contributed by atoms with van der Waals surface area (Å²) in [5.74, 6) is 1.85. The van der Waals surface area contributed by atoms with Gasteiger partial charge in [-0.3, -0.25) is 0 Å². The van der Waals surface area contributed by atoms with Crippen LogP contribution < -0.4 is 19.9 Å². The van der Waals surface area contributed by atoms with Gasteiger partial charge in [0.25, 0.3) is 10.0 Å². The van der Waals surface area contributed by atoms with Crippen LogP contribution in [0.15, 0.2) is 39.8 Å². The molecule has 2 aromatic rings. The van der Waals surface area contributed by atoms with Crippen LogP contribution in [0, 0.1) is 0 Å². The van der Waals surface area contributed by atoms with Gasteiger partial charge in [0.2, 0.25) is 5.09 Å². The van der Waals surface area contributed by atoms with Crippen molar-refractivity contribution < 1.29 is 22.3 Å². The Labute approximate surface area is 121 Å². The molecule has 0 atom stereocenters. The molecule has 21 heavy (non-hydrogen) atoms. The standard InChI is InChI=1S/C13H14N2O5S/c14-21(16,17)13-4-2-10(20-13)8-15-9-1-3-11-12(7-9)19-6-5-18-11/h1-4,7,15H,5-6,8H2,(H2,14,16,17). The summed E-state index contributed by atoms with van der Waals surface area (Å²) in [6, 6.07) is 8.37. The number of sulfonamides is 1. The van der Waals surface area contributed by atoms with E-state index in [0.29, 0.717) is 37.0 Å². The second-order valence-corrected chi connectivity index (χ2v) is 5.97. The quantitative estimate of drug-likeness (QED) is 0.882. The maximum Gasteiger partial charge on any atom is 0.271 e. The van der Waals surface area contributed by atoms with Crippen molar-refractivity contribution in [2.45, 2.75) is 11.6 Å². The summed E-state index contributed by atoms with van der Waals surface area (Å²) in [5, 5.41) is 7.84. The van der Waals surface area contributed by atoms with Crippen molar-refractivity contribution in [3.05, 3.63) is 36.1 Å². The van der Waals surface area contributed by atoms with Crippen molar-refractivity contribution in [1.29, 1.82) is 0 Å². The van der Waals surface area contributed by atoms with Crippen LogP contribution in [-0.4, -0.2) is 21.6 Å². The Kier molecular flexibility index (Phi) is 3.48. The molecule has 0 aliphatic carbocycles. The van der Waals surface area contributed by atoms with Crippen molar-refractivity contribution in [2.24, 2.45) is 5.14 Å². The fourth-order valence-corrected chi connectivity index (χ4v) is 2.43. The number of fused-ring (bicyclic) bond motifs is 1. The maximum absolute atomic E-state index is 11.1. The second kappa shape index (κ2) is 5.30. The number of ether oxygens (including phenoxy) is 2. The first-order valence-electron chi connectivity index (χ1n) is 6.27. The van der Waals surface area contributed by atoms with Gasteiger partial charge in [0.05, 0.1) is 6.54 Å². The van der Waals surface area contributed by atoms with E-state index in [9.17, 15) is 8.42 Å². The molecule has 0 saturated carbocycles. The van der Waals surface area contributed by atoms with Gasteiger partial charge in [0, 0.05) is 11.8 Å². The van der Waals surface area contributed by atoms with Gasteiger partial charge in [-0.2, -0.15) is 0 Å². The minimum atomic E-state index is -3.81. The number of primary sulfonamides is 1. The van der Waals surface area contributed by atoms with E-state index in [-0.39, 0.29) is 5.09 Å². The molecule has 1 aromatic heterocycles. The van der Waals surface area contributed by atoms with Crippen molar-refractivity contribution in [1.82, 2.24) is 0 Å². The Morgan fingerprint density at radius 2 is 1.86 bits per heavy atom. The molecule has 7 nitrogen and oxygen atoms in total. The minimum Gasteiger partial charge on any atom is -0.486 e. The lowest BCUT2D eigenvalue weighted by Gasteiger charge is -2.19. The van der Waals surface area contributed by atoms with Gasteiger partial charge in [-0.15, -0.1) is 0 Å². The van der Waals surface area contributed by atoms with E-state index < -0.39 is 10.0 Å². The van der Waals surface area contributed by atoms with E-state index in [4.69, 9.17) is 19.0 Å². The number of hydrogen-bond acceptors (Lipinski definition) is 6. The largest absolute Gasteiger partial charge is 0.486 e. The molecule has 0 bridgehead atoms. The fourth-order valence-electron chi connectivity index (χ4n) is 1.95. The fraction of sp³-hybridized carbons (Fsp3) is 0.231. The van der Waals surface area contributed by atoms with Crippen LogP contribution in [0.1, 0.15) is 5.76 Å². The lowest BCUT2D eigenvalue weighted by molar-refractivity contribution is 0.171. The third-order valence-electron chi connectivity index (χ3n) is 2.93. The number of nitrogens with two attached hydrogens (primary N) is 1. The maximum atomic E-state index is 11.1. The first-order valence-corrected chi connectivity index (χ1v) is 7.82. The van der Waals surface area contributed by atoms with E-state index in [1.807, 2.05) is 18.2 Å². The van der Waals surface area contributed by atoms with Gasteiger partial charge in [0.15, 0.2) is 11.5 Å². The van der Waals surface area contributed by atoms with E-state index >= 15 is 0 Å². The number of rotatable bonds is 4. The summed E-state index contributed by atoms with van der Waals surface area (Å²) in [5.41, 5.74) is 0.813. The first-order chi connectivity index (χ1) is 10.0. The molecule has 3 N–H and O–H groups in total. The SMILES string of the molecule is NS(=O)(=O)c1ccc(CNc2ccc3c(c2)OCCO3)o1. The van der Waals surface area contributed by atoms with Crippen molar-refractivity contribution in [2.75, 3.05) is 18.5 Å². The molecule has 1 aliphatic rings. The number of anilines is 1. The van der Waals surface area contributed by atoms with Crippen LogP contribution in [0.4, 0.5) is 5.69 Å². The van der Waals surface area contributed by atoms with Gasteiger partial charge < -0.3 is 19.2 Å². The molecule has 0 saturated heterocycles. The molecule has 0 unspecified atom stereocenters. The monoisotopic (exact) mass is 310 g/mol. The van der Waals surface area contributed by atoms with Crippen LogP contribution in [0.5, 0.6) is 11.5 Å². The van der Waals surface area contributed by atoms with E-state index in [0.717, 1.165) is 5.69 Å². The van der Waals surface area contributed by atoms with Gasteiger partial charge in [0.1, 0.15) is 19.0 Å². The molecule has 8 heteroatoms. The van der Waals surface area contributed by atoms with Gasteiger partial charge in [-0.25, -0.2) is 13.6 Å². The highest BCUT2D eigenvalue weighted by atomic mass is 32.2. The third kappa shape index (κ3) is 3.11. The lowest BCUT2D eigenvalue weighted by atomic mass is 10.2. The highest BCUT2D eigenvalue weighted by molar-refractivity contribution is 7.89. The van der Waals surface area contributed by atoms with E-state index in [2.05, 4.69) is 5.32 Å². The number of furan rings is 1. The highest BCUT2D eigenvalue weighted by Gasteiger charge is 2.14. The van der Waals surface area contributed by atoms with Crippen LogP contribution in [0.3, 0.4) is 0 Å². The Bertz CT molecular complexity index is 754. The zero-order chi connectivity index (χ0) is 14.9. The molecule has 2 heterocycles. The molecular weight excluding hydrogens is 296 g/mol. The molecule has 0 radical (unpaired) electrons. The van der Waals surface area contributed by atoms with Crippen LogP contribution in [0.2, 0.25) is 0 Å². The molecule has 0 fully saturated rings. The molecule has 3 rings (SSSR count). The first kappa shape index (κ1) is 13.8. The summed E-state index contributed by atoms with van der Waals surface area (Å²) < 4.78 is 38.3. The van der Waals surface area contributed by atoms with Crippen molar-refractivity contribution >= 4 is 15.7 Å². The molecule has 0 spiro atoms.